The number of fused-ring (bicyclic) bond motifs is 1. The molecule has 1 aromatic heterocycles. The Kier molecular flexibility index (Phi) is 6.52. The van der Waals surface area contributed by atoms with Gasteiger partial charge in [-0.1, -0.05) is 31.3 Å². The first-order chi connectivity index (χ1) is 13.6. The maximum atomic E-state index is 13.0. The standard InChI is InChI=1S/C20H25N3O5/c1-3-4-5-6-9-23(12-19(24)21-18-10-14(2)28-22-18)20(25)15-7-8-16-17(11-15)27-13-26-16/h7-8,10-11H,3-6,9,12-13H2,1-2H3,(H,21,22,24). The topological polar surface area (TPSA) is 93.9 Å². The number of carbonyl (C=O) groups is 2. The molecule has 2 heterocycles. The Morgan fingerprint density at radius 1 is 1.14 bits per heavy atom. The summed E-state index contributed by atoms with van der Waals surface area (Å²) in [6.07, 6.45) is 4.03. The molecule has 0 saturated heterocycles. The van der Waals surface area contributed by atoms with Crippen molar-refractivity contribution in [3.63, 3.8) is 0 Å². The molecule has 0 spiro atoms. The summed E-state index contributed by atoms with van der Waals surface area (Å²) in [5, 5.41) is 6.41. The number of unbranched alkanes of at least 4 members (excludes halogenated alkanes) is 3. The fraction of sp³-hybridized carbons (Fsp3) is 0.450. The maximum Gasteiger partial charge on any atom is 0.254 e. The number of ether oxygens (including phenoxy) is 2. The molecule has 0 fully saturated rings. The molecule has 0 saturated carbocycles. The van der Waals surface area contributed by atoms with Gasteiger partial charge < -0.3 is 24.2 Å². The highest BCUT2D eigenvalue weighted by Crippen LogP contribution is 2.32. The van der Waals surface area contributed by atoms with Gasteiger partial charge in [0, 0.05) is 18.2 Å². The molecule has 0 atom stereocenters. The van der Waals surface area contributed by atoms with Gasteiger partial charge in [0.15, 0.2) is 17.3 Å². The minimum atomic E-state index is -0.321. The number of carbonyl (C=O) groups excluding carboxylic acids is 2. The van der Waals surface area contributed by atoms with Crippen LogP contribution < -0.4 is 14.8 Å². The SMILES string of the molecule is CCCCCCN(CC(=O)Nc1cc(C)on1)C(=O)c1ccc2c(c1)OCO2. The van der Waals surface area contributed by atoms with Gasteiger partial charge in [-0.3, -0.25) is 9.59 Å². The van der Waals surface area contributed by atoms with Crippen molar-refractivity contribution < 1.29 is 23.6 Å². The molecule has 0 radical (unpaired) electrons. The average molecular weight is 387 g/mol. The van der Waals surface area contributed by atoms with Gasteiger partial charge in [0.25, 0.3) is 5.91 Å². The highest BCUT2D eigenvalue weighted by molar-refractivity contribution is 5.99. The molecule has 0 bridgehead atoms. The van der Waals surface area contributed by atoms with Crippen molar-refractivity contribution in [2.45, 2.75) is 39.5 Å². The van der Waals surface area contributed by atoms with Gasteiger partial charge in [-0.15, -0.1) is 0 Å². The van der Waals surface area contributed by atoms with Gasteiger partial charge >= 0.3 is 0 Å². The van der Waals surface area contributed by atoms with Gasteiger partial charge in [-0.2, -0.15) is 0 Å². The second-order valence-corrected chi connectivity index (χ2v) is 6.73. The van der Waals surface area contributed by atoms with E-state index >= 15 is 0 Å². The van der Waals surface area contributed by atoms with Crippen molar-refractivity contribution in [3.8, 4) is 11.5 Å². The van der Waals surface area contributed by atoms with E-state index in [0.29, 0.717) is 35.2 Å². The zero-order chi connectivity index (χ0) is 19.9. The molecule has 1 aliphatic rings. The highest BCUT2D eigenvalue weighted by Gasteiger charge is 2.22. The number of amides is 2. The molecule has 1 N–H and O–H groups in total. The minimum Gasteiger partial charge on any atom is -0.454 e. The van der Waals surface area contributed by atoms with Crippen molar-refractivity contribution in [2.24, 2.45) is 0 Å². The summed E-state index contributed by atoms with van der Waals surface area (Å²) in [5.74, 6) is 1.55. The molecule has 3 rings (SSSR count). The predicted molar refractivity (Wildman–Crippen MR) is 102 cm³/mol. The van der Waals surface area contributed by atoms with E-state index in [1.165, 1.54) is 0 Å². The van der Waals surface area contributed by atoms with Crippen LogP contribution in [0.5, 0.6) is 11.5 Å². The number of nitrogens with zero attached hydrogens (tertiary/aromatic N) is 2. The summed E-state index contributed by atoms with van der Waals surface area (Å²) in [6, 6.07) is 6.68. The van der Waals surface area contributed by atoms with Crippen LogP contribution in [0.15, 0.2) is 28.8 Å². The largest absolute Gasteiger partial charge is 0.454 e. The molecular weight excluding hydrogens is 362 g/mol. The number of aromatic nitrogens is 1. The Morgan fingerprint density at radius 2 is 1.96 bits per heavy atom. The second-order valence-electron chi connectivity index (χ2n) is 6.73. The van der Waals surface area contributed by atoms with E-state index in [1.54, 1.807) is 36.1 Å². The van der Waals surface area contributed by atoms with Crippen molar-refractivity contribution in [2.75, 3.05) is 25.2 Å². The number of hydrogen-bond acceptors (Lipinski definition) is 6. The highest BCUT2D eigenvalue weighted by atomic mass is 16.7. The lowest BCUT2D eigenvalue weighted by Crippen LogP contribution is -2.38. The normalized spacial score (nSPS) is 12.1. The van der Waals surface area contributed by atoms with E-state index in [0.717, 1.165) is 25.7 Å². The van der Waals surface area contributed by atoms with Crippen LogP contribution in [0.4, 0.5) is 5.82 Å². The number of aryl methyl sites for hydroxylation is 1. The molecule has 0 aliphatic carbocycles. The maximum absolute atomic E-state index is 13.0. The zero-order valence-electron chi connectivity index (χ0n) is 16.2. The first-order valence-electron chi connectivity index (χ1n) is 9.49. The summed E-state index contributed by atoms with van der Waals surface area (Å²) in [7, 11) is 0. The van der Waals surface area contributed by atoms with Crippen molar-refractivity contribution >= 4 is 17.6 Å². The molecule has 2 aromatic rings. The Bertz CT molecular complexity index is 833. The van der Waals surface area contributed by atoms with E-state index in [1.807, 2.05) is 0 Å². The van der Waals surface area contributed by atoms with Gasteiger partial charge in [0.2, 0.25) is 12.7 Å². The van der Waals surface area contributed by atoms with Crippen LogP contribution >= 0.6 is 0 Å². The Hall–Kier alpha value is -3.03. The fourth-order valence-corrected chi connectivity index (χ4v) is 2.98. The Labute approximate surface area is 163 Å². The molecular formula is C20H25N3O5. The lowest BCUT2D eigenvalue weighted by atomic mass is 10.1. The number of rotatable bonds is 9. The van der Waals surface area contributed by atoms with Gasteiger partial charge in [0.1, 0.15) is 12.3 Å². The lowest BCUT2D eigenvalue weighted by Gasteiger charge is -2.22. The van der Waals surface area contributed by atoms with Gasteiger partial charge in [-0.05, 0) is 31.5 Å². The number of hydrogen-bond donors (Lipinski definition) is 1. The molecule has 8 heteroatoms. The summed E-state index contributed by atoms with van der Waals surface area (Å²) < 4.78 is 15.6. The number of nitrogens with one attached hydrogen (secondary N) is 1. The molecule has 150 valence electrons. The van der Waals surface area contributed by atoms with Crippen molar-refractivity contribution in [1.82, 2.24) is 10.1 Å². The zero-order valence-corrected chi connectivity index (χ0v) is 16.2. The average Bonchev–Trinajstić information content (AvgIpc) is 3.31. The predicted octanol–water partition coefficient (Wildman–Crippen LogP) is 3.37. The minimum absolute atomic E-state index is 0.0642. The lowest BCUT2D eigenvalue weighted by molar-refractivity contribution is -0.117. The molecule has 28 heavy (non-hydrogen) atoms. The van der Waals surface area contributed by atoms with Crippen LogP contribution in [0.1, 0.15) is 48.7 Å². The summed E-state index contributed by atoms with van der Waals surface area (Å²) in [5.41, 5.74) is 0.463. The third-order valence-electron chi connectivity index (χ3n) is 4.42. The summed E-state index contributed by atoms with van der Waals surface area (Å²) in [6.45, 7) is 4.45. The van der Waals surface area contributed by atoms with Crippen LogP contribution in [0.25, 0.3) is 0 Å². The quantitative estimate of drug-likeness (QED) is 0.663. The fourth-order valence-electron chi connectivity index (χ4n) is 2.98. The van der Waals surface area contributed by atoms with Crippen molar-refractivity contribution in [1.29, 1.82) is 0 Å². The van der Waals surface area contributed by atoms with E-state index in [9.17, 15) is 9.59 Å². The number of benzene rings is 1. The van der Waals surface area contributed by atoms with Crippen LogP contribution in [0, 0.1) is 6.92 Å². The molecule has 1 aliphatic heterocycles. The Morgan fingerprint density at radius 3 is 2.71 bits per heavy atom. The summed E-state index contributed by atoms with van der Waals surface area (Å²) >= 11 is 0. The van der Waals surface area contributed by atoms with Crippen LogP contribution in [-0.4, -0.2) is 41.8 Å². The molecule has 0 unspecified atom stereocenters. The molecule has 8 nitrogen and oxygen atoms in total. The third kappa shape index (κ3) is 5.03. The smallest absolute Gasteiger partial charge is 0.254 e. The van der Waals surface area contributed by atoms with E-state index in [4.69, 9.17) is 14.0 Å². The van der Waals surface area contributed by atoms with Crippen LogP contribution in [-0.2, 0) is 4.79 Å². The molecule has 2 amide bonds. The van der Waals surface area contributed by atoms with E-state index < -0.39 is 0 Å². The summed E-state index contributed by atoms with van der Waals surface area (Å²) in [4.78, 5) is 27.0. The first kappa shape index (κ1) is 19.7. The van der Waals surface area contributed by atoms with Gasteiger partial charge in [0.05, 0.1) is 0 Å². The second kappa shape index (κ2) is 9.25. The van der Waals surface area contributed by atoms with E-state index in [-0.39, 0.29) is 25.2 Å². The first-order valence-corrected chi connectivity index (χ1v) is 9.49. The Balaban J connectivity index is 1.68. The van der Waals surface area contributed by atoms with Crippen molar-refractivity contribution in [3.05, 3.63) is 35.6 Å². The van der Waals surface area contributed by atoms with Gasteiger partial charge in [-0.25, -0.2) is 0 Å². The molecule has 1 aromatic carbocycles. The third-order valence-corrected chi connectivity index (χ3v) is 4.42. The number of anilines is 1. The van der Waals surface area contributed by atoms with E-state index in [2.05, 4.69) is 17.4 Å². The monoisotopic (exact) mass is 387 g/mol. The van der Waals surface area contributed by atoms with Crippen LogP contribution in [0.3, 0.4) is 0 Å². The van der Waals surface area contributed by atoms with Crippen LogP contribution in [0.2, 0.25) is 0 Å².